The minimum atomic E-state index is -0.750. The largest absolute Gasteiger partial charge is 0.386 e. The van der Waals surface area contributed by atoms with E-state index in [0.717, 1.165) is 0 Å². The third-order valence-electron chi connectivity index (χ3n) is 4.05. The average Bonchev–Trinajstić information content (AvgIpc) is 2.97. The Balaban J connectivity index is 1.70. The van der Waals surface area contributed by atoms with Crippen LogP contribution in [-0.4, -0.2) is 49.1 Å². The van der Waals surface area contributed by atoms with Crippen LogP contribution in [0, 0.1) is 5.92 Å². The fourth-order valence-electron chi connectivity index (χ4n) is 2.37. The molecule has 0 radical (unpaired) electrons. The molecule has 0 saturated carbocycles. The molecule has 0 unspecified atom stereocenters. The molecule has 2 aromatic rings. The Labute approximate surface area is 123 Å². The molecule has 0 atom stereocenters. The number of hydrogen-bond acceptors (Lipinski definition) is 4. The molecule has 1 saturated heterocycles. The van der Waals surface area contributed by atoms with Gasteiger partial charge >= 0.3 is 0 Å². The number of carbonyl (C=O) groups excluding carboxylic acids is 1. The van der Waals surface area contributed by atoms with Crippen LogP contribution in [0.1, 0.15) is 24.2 Å². The van der Waals surface area contributed by atoms with E-state index in [9.17, 15) is 9.90 Å². The summed E-state index contributed by atoms with van der Waals surface area (Å²) in [6.07, 6.45) is 6.68. The zero-order valence-electron chi connectivity index (χ0n) is 12.1. The highest BCUT2D eigenvalue weighted by Crippen LogP contribution is 2.29. The quantitative estimate of drug-likeness (QED) is 0.917. The molecule has 1 fully saturated rings. The molecule has 0 aliphatic carbocycles. The standard InChI is InChI=1S/C15H18N4O2/c1-11(2)15(21)8-19(9-15)14(20)12-3-4-13(17-7-12)18-6-5-16-10-18/h3-7,10-11,21H,8-9H2,1-2H3. The lowest BCUT2D eigenvalue weighted by atomic mass is 9.83. The average molecular weight is 286 g/mol. The molecule has 21 heavy (non-hydrogen) atoms. The minimum Gasteiger partial charge on any atom is -0.386 e. The van der Waals surface area contributed by atoms with Gasteiger partial charge in [-0.05, 0) is 18.1 Å². The van der Waals surface area contributed by atoms with Gasteiger partial charge in [-0.15, -0.1) is 0 Å². The summed E-state index contributed by atoms with van der Waals surface area (Å²) in [6, 6.07) is 3.53. The Morgan fingerprint density at radius 3 is 2.67 bits per heavy atom. The Hall–Kier alpha value is -2.21. The smallest absolute Gasteiger partial charge is 0.255 e. The fourth-order valence-corrected chi connectivity index (χ4v) is 2.37. The maximum atomic E-state index is 12.3. The number of hydrogen-bond donors (Lipinski definition) is 1. The molecule has 1 N–H and O–H groups in total. The van der Waals surface area contributed by atoms with Crippen molar-refractivity contribution in [2.75, 3.05) is 13.1 Å². The second kappa shape index (κ2) is 4.96. The predicted molar refractivity (Wildman–Crippen MR) is 77.1 cm³/mol. The summed E-state index contributed by atoms with van der Waals surface area (Å²) in [5.41, 5.74) is -0.218. The second-order valence-corrected chi connectivity index (χ2v) is 5.79. The SMILES string of the molecule is CC(C)C1(O)CN(C(=O)c2ccc(-n3ccnc3)nc2)C1. The first-order chi connectivity index (χ1) is 9.99. The van der Waals surface area contributed by atoms with Gasteiger partial charge in [0, 0.05) is 18.6 Å². The Morgan fingerprint density at radius 2 is 2.14 bits per heavy atom. The van der Waals surface area contributed by atoms with Gasteiger partial charge in [0.05, 0.1) is 18.7 Å². The van der Waals surface area contributed by atoms with Gasteiger partial charge in [0.25, 0.3) is 5.91 Å². The van der Waals surface area contributed by atoms with Gasteiger partial charge in [0.1, 0.15) is 17.7 Å². The molecule has 6 heteroatoms. The first-order valence-electron chi connectivity index (χ1n) is 6.96. The molecule has 2 aromatic heterocycles. The number of pyridine rings is 1. The zero-order valence-corrected chi connectivity index (χ0v) is 12.1. The molecule has 0 aromatic carbocycles. The Morgan fingerprint density at radius 1 is 1.38 bits per heavy atom. The van der Waals surface area contributed by atoms with Crippen LogP contribution >= 0.6 is 0 Å². The van der Waals surface area contributed by atoms with Crippen LogP contribution < -0.4 is 0 Å². The lowest BCUT2D eigenvalue weighted by Gasteiger charge is -2.49. The van der Waals surface area contributed by atoms with Crippen molar-refractivity contribution in [2.24, 2.45) is 5.92 Å². The maximum Gasteiger partial charge on any atom is 0.255 e. The minimum absolute atomic E-state index is 0.0926. The number of aromatic nitrogens is 3. The van der Waals surface area contributed by atoms with Crippen molar-refractivity contribution < 1.29 is 9.90 Å². The topological polar surface area (TPSA) is 71.2 Å². The van der Waals surface area contributed by atoms with Crippen molar-refractivity contribution in [3.8, 4) is 5.82 Å². The number of likely N-dealkylation sites (tertiary alicyclic amines) is 1. The molecular weight excluding hydrogens is 268 g/mol. The molecule has 3 rings (SSSR count). The van der Waals surface area contributed by atoms with Crippen LogP contribution in [-0.2, 0) is 0 Å². The fraction of sp³-hybridized carbons (Fsp3) is 0.400. The van der Waals surface area contributed by atoms with E-state index in [2.05, 4.69) is 9.97 Å². The van der Waals surface area contributed by atoms with Gasteiger partial charge < -0.3 is 10.0 Å². The van der Waals surface area contributed by atoms with Crippen LogP contribution in [0.25, 0.3) is 5.82 Å². The summed E-state index contributed by atoms with van der Waals surface area (Å²) in [7, 11) is 0. The summed E-state index contributed by atoms with van der Waals surface area (Å²) in [5, 5.41) is 10.2. The summed E-state index contributed by atoms with van der Waals surface area (Å²) < 4.78 is 1.77. The first-order valence-corrected chi connectivity index (χ1v) is 6.96. The number of nitrogens with zero attached hydrogens (tertiary/aromatic N) is 4. The zero-order chi connectivity index (χ0) is 15.0. The molecule has 3 heterocycles. The van der Waals surface area contributed by atoms with E-state index < -0.39 is 5.60 Å². The van der Waals surface area contributed by atoms with E-state index in [4.69, 9.17) is 0 Å². The van der Waals surface area contributed by atoms with Gasteiger partial charge in [-0.2, -0.15) is 0 Å². The number of aliphatic hydroxyl groups is 1. The monoisotopic (exact) mass is 286 g/mol. The number of carbonyl (C=O) groups is 1. The first kappa shape index (κ1) is 13.8. The lowest BCUT2D eigenvalue weighted by molar-refractivity contribution is -0.110. The van der Waals surface area contributed by atoms with E-state index in [1.165, 1.54) is 0 Å². The summed E-state index contributed by atoms with van der Waals surface area (Å²) in [5.74, 6) is 0.764. The van der Waals surface area contributed by atoms with Crippen molar-refractivity contribution in [3.63, 3.8) is 0 Å². The molecule has 1 aliphatic rings. The molecule has 0 bridgehead atoms. The number of β-amino-alcohol motifs (C(OH)–C–C–N with tert-alkyl or cyclic N) is 1. The molecule has 1 aliphatic heterocycles. The van der Waals surface area contributed by atoms with E-state index in [-0.39, 0.29) is 11.8 Å². The highest BCUT2D eigenvalue weighted by Gasteiger charge is 2.45. The van der Waals surface area contributed by atoms with Crippen molar-refractivity contribution in [2.45, 2.75) is 19.4 Å². The molecule has 0 spiro atoms. The molecule has 6 nitrogen and oxygen atoms in total. The van der Waals surface area contributed by atoms with E-state index in [1.54, 1.807) is 46.5 Å². The van der Waals surface area contributed by atoms with Crippen LogP contribution in [0.2, 0.25) is 0 Å². The van der Waals surface area contributed by atoms with Crippen LogP contribution in [0.4, 0.5) is 0 Å². The predicted octanol–water partition coefficient (Wildman–Crippen LogP) is 1.11. The molecule has 1 amide bonds. The lowest BCUT2D eigenvalue weighted by Crippen LogP contribution is -2.65. The second-order valence-electron chi connectivity index (χ2n) is 5.79. The summed E-state index contributed by atoms with van der Waals surface area (Å²) in [4.78, 5) is 22.2. The van der Waals surface area contributed by atoms with Gasteiger partial charge in [-0.3, -0.25) is 9.36 Å². The Bertz CT molecular complexity index is 628. The van der Waals surface area contributed by atoms with Gasteiger partial charge in [-0.1, -0.05) is 13.8 Å². The van der Waals surface area contributed by atoms with E-state index in [0.29, 0.717) is 24.5 Å². The number of rotatable bonds is 3. The molecular formula is C15H18N4O2. The highest BCUT2D eigenvalue weighted by molar-refractivity contribution is 5.94. The van der Waals surface area contributed by atoms with Crippen molar-refractivity contribution >= 4 is 5.91 Å². The van der Waals surface area contributed by atoms with Crippen molar-refractivity contribution in [3.05, 3.63) is 42.6 Å². The van der Waals surface area contributed by atoms with Crippen molar-refractivity contribution in [1.82, 2.24) is 19.4 Å². The normalized spacial score (nSPS) is 16.9. The van der Waals surface area contributed by atoms with Gasteiger partial charge in [0.2, 0.25) is 0 Å². The number of imidazole rings is 1. The van der Waals surface area contributed by atoms with Gasteiger partial charge in [-0.25, -0.2) is 9.97 Å². The third kappa shape index (κ3) is 2.42. The van der Waals surface area contributed by atoms with E-state index >= 15 is 0 Å². The van der Waals surface area contributed by atoms with Gasteiger partial charge in [0.15, 0.2) is 0 Å². The van der Waals surface area contributed by atoms with Crippen molar-refractivity contribution in [1.29, 1.82) is 0 Å². The third-order valence-corrected chi connectivity index (χ3v) is 4.05. The van der Waals surface area contributed by atoms with Crippen LogP contribution in [0.15, 0.2) is 37.1 Å². The number of amides is 1. The summed E-state index contributed by atoms with van der Waals surface area (Å²) >= 11 is 0. The van der Waals surface area contributed by atoms with E-state index in [1.807, 2.05) is 13.8 Å². The highest BCUT2D eigenvalue weighted by atomic mass is 16.3. The summed E-state index contributed by atoms with van der Waals surface area (Å²) in [6.45, 7) is 4.69. The maximum absolute atomic E-state index is 12.3. The Kier molecular flexibility index (Phi) is 3.25. The van der Waals surface area contributed by atoms with Crippen LogP contribution in [0.3, 0.4) is 0 Å². The molecule has 110 valence electrons. The van der Waals surface area contributed by atoms with Crippen LogP contribution in [0.5, 0.6) is 0 Å².